The molecule has 3 aromatic heterocycles. The number of rotatable bonds is 4. The number of nitrogens with one attached hydrogen (secondary N) is 1. The molecule has 1 N–H and O–H groups in total. The molecule has 4 rings (SSSR count). The topological polar surface area (TPSA) is 81.5 Å². The first-order chi connectivity index (χ1) is 13.0. The number of aryl methyl sites for hydroxylation is 1. The van der Waals surface area contributed by atoms with Crippen molar-refractivity contribution in [3.8, 4) is 0 Å². The number of carbonyl (C=O) groups is 1. The van der Waals surface area contributed by atoms with Crippen molar-refractivity contribution in [3.63, 3.8) is 0 Å². The number of amides is 1. The first-order valence-electron chi connectivity index (χ1n) is 8.46. The van der Waals surface area contributed by atoms with Gasteiger partial charge < -0.3 is 9.73 Å². The first kappa shape index (κ1) is 17.4. The maximum atomic E-state index is 12.9. The van der Waals surface area contributed by atoms with Gasteiger partial charge in [0.15, 0.2) is 5.58 Å². The predicted octanol–water partition coefficient (Wildman–Crippen LogP) is 3.08. The van der Waals surface area contributed by atoms with E-state index in [-0.39, 0.29) is 18.0 Å². The molecule has 3 heterocycles. The molecule has 1 unspecified atom stereocenters. The second kappa shape index (κ2) is 6.59. The van der Waals surface area contributed by atoms with E-state index in [0.29, 0.717) is 21.9 Å². The molecule has 1 aromatic carbocycles. The number of furan rings is 1. The van der Waals surface area contributed by atoms with Gasteiger partial charge in [-0.15, -0.1) is 0 Å². The maximum Gasteiger partial charge on any atom is 0.291 e. The minimum Gasteiger partial charge on any atom is -0.463 e. The third-order valence-electron chi connectivity index (χ3n) is 4.58. The van der Waals surface area contributed by atoms with Crippen molar-refractivity contribution in [2.24, 2.45) is 0 Å². The number of fused-ring (bicyclic) bond motifs is 3. The summed E-state index contributed by atoms with van der Waals surface area (Å²) in [6.45, 7) is 3.69. The molecule has 0 radical (unpaired) electrons. The van der Waals surface area contributed by atoms with Gasteiger partial charge in [-0.2, -0.15) is 5.10 Å². The summed E-state index contributed by atoms with van der Waals surface area (Å²) in [4.78, 5) is 25.4. The molecule has 0 aliphatic rings. The largest absolute Gasteiger partial charge is 0.463 e. The van der Waals surface area contributed by atoms with Crippen molar-refractivity contribution < 1.29 is 9.21 Å². The number of hydrogen-bond donors (Lipinski definition) is 1. The van der Waals surface area contributed by atoms with Gasteiger partial charge >= 0.3 is 0 Å². The Morgan fingerprint density at radius 3 is 2.85 bits per heavy atom. The van der Waals surface area contributed by atoms with Crippen LogP contribution in [-0.4, -0.2) is 20.1 Å². The molecule has 0 aliphatic heterocycles. The number of carbonyl (C=O) groups excluding carboxylic acids is 1. The molecule has 7 nitrogen and oxygen atoms in total. The first-order valence-corrected chi connectivity index (χ1v) is 8.84. The molecule has 0 saturated heterocycles. The predicted molar refractivity (Wildman–Crippen MR) is 102 cm³/mol. The van der Waals surface area contributed by atoms with Crippen molar-refractivity contribution in [1.82, 2.24) is 19.5 Å². The molecular formula is C19H17ClN4O3. The van der Waals surface area contributed by atoms with E-state index in [1.165, 1.54) is 4.68 Å². The standard InChI is InChI=1S/C19H17ClN4O3/c1-11(18(25)21-10-13-5-3-4-6-14(13)20)24-19(26)16-9-17-15(7-8-27-17)23(16)12(2)22-24/h3-9,11H,10H2,1-2H3,(H,21,25). The Labute approximate surface area is 159 Å². The molecule has 0 fully saturated rings. The van der Waals surface area contributed by atoms with Crippen molar-refractivity contribution in [1.29, 1.82) is 0 Å². The lowest BCUT2D eigenvalue weighted by atomic mass is 10.2. The van der Waals surface area contributed by atoms with Crippen molar-refractivity contribution >= 4 is 34.1 Å². The van der Waals surface area contributed by atoms with Gasteiger partial charge in [0.1, 0.15) is 17.4 Å². The van der Waals surface area contributed by atoms with Crippen LogP contribution in [0, 0.1) is 6.92 Å². The average Bonchev–Trinajstić information content (AvgIpc) is 3.24. The highest BCUT2D eigenvalue weighted by molar-refractivity contribution is 6.31. The van der Waals surface area contributed by atoms with Crippen molar-refractivity contribution in [3.05, 3.63) is 69.4 Å². The van der Waals surface area contributed by atoms with Crippen LogP contribution in [0.3, 0.4) is 0 Å². The van der Waals surface area contributed by atoms with Gasteiger partial charge in [0.05, 0.1) is 11.8 Å². The van der Waals surface area contributed by atoms with Crippen LogP contribution in [0.4, 0.5) is 0 Å². The van der Waals surface area contributed by atoms with Crippen molar-refractivity contribution in [2.75, 3.05) is 0 Å². The van der Waals surface area contributed by atoms with Crippen LogP contribution < -0.4 is 10.9 Å². The molecule has 0 bridgehead atoms. The van der Waals surface area contributed by atoms with Gasteiger partial charge in [-0.25, -0.2) is 4.68 Å². The molecule has 0 spiro atoms. The Morgan fingerprint density at radius 2 is 2.07 bits per heavy atom. The van der Waals surface area contributed by atoms with Gasteiger partial charge in [0, 0.05) is 23.7 Å². The van der Waals surface area contributed by atoms with Crippen LogP contribution in [-0.2, 0) is 11.3 Å². The van der Waals surface area contributed by atoms with Gasteiger partial charge in [0.25, 0.3) is 5.56 Å². The third-order valence-corrected chi connectivity index (χ3v) is 4.95. The summed E-state index contributed by atoms with van der Waals surface area (Å²) in [6, 6.07) is 9.94. The van der Waals surface area contributed by atoms with E-state index in [2.05, 4.69) is 10.4 Å². The highest BCUT2D eigenvalue weighted by atomic mass is 35.5. The zero-order valence-corrected chi connectivity index (χ0v) is 15.5. The third kappa shape index (κ3) is 2.90. The minimum absolute atomic E-state index is 0.275. The second-order valence-corrected chi connectivity index (χ2v) is 6.72. The lowest BCUT2D eigenvalue weighted by Gasteiger charge is -2.16. The zero-order chi connectivity index (χ0) is 19.1. The van der Waals surface area contributed by atoms with E-state index in [1.54, 1.807) is 42.7 Å². The second-order valence-electron chi connectivity index (χ2n) is 6.32. The lowest BCUT2D eigenvalue weighted by Crippen LogP contribution is -2.38. The summed E-state index contributed by atoms with van der Waals surface area (Å²) in [7, 11) is 0. The van der Waals surface area contributed by atoms with Crippen LogP contribution >= 0.6 is 11.6 Å². The molecule has 4 aromatic rings. The Balaban J connectivity index is 1.65. The minimum atomic E-state index is -0.773. The Hall–Kier alpha value is -3.06. The van der Waals surface area contributed by atoms with Crippen LogP contribution in [0.2, 0.25) is 5.02 Å². The Bertz CT molecular complexity index is 1220. The van der Waals surface area contributed by atoms with Gasteiger partial charge in [0.2, 0.25) is 5.91 Å². The molecule has 1 atom stereocenters. The van der Waals surface area contributed by atoms with E-state index in [1.807, 2.05) is 18.2 Å². The molecule has 27 heavy (non-hydrogen) atoms. The van der Waals surface area contributed by atoms with Crippen molar-refractivity contribution in [2.45, 2.75) is 26.4 Å². The van der Waals surface area contributed by atoms with E-state index in [4.69, 9.17) is 16.0 Å². The average molecular weight is 385 g/mol. The normalized spacial score (nSPS) is 12.6. The summed E-state index contributed by atoms with van der Waals surface area (Å²) in [5.41, 5.74) is 2.24. The summed E-state index contributed by atoms with van der Waals surface area (Å²) in [5, 5.41) is 7.72. The zero-order valence-electron chi connectivity index (χ0n) is 14.8. The van der Waals surface area contributed by atoms with Gasteiger partial charge in [-0.3, -0.25) is 14.0 Å². The quantitative estimate of drug-likeness (QED) is 0.586. The molecular weight excluding hydrogens is 368 g/mol. The highest BCUT2D eigenvalue weighted by Crippen LogP contribution is 2.20. The Morgan fingerprint density at radius 1 is 1.30 bits per heavy atom. The van der Waals surface area contributed by atoms with E-state index in [0.717, 1.165) is 11.1 Å². The lowest BCUT2D eigenvalue weighted by molar-refractivity contribution is -0.124. The number of hydrogen-bond acceptors (Lipinski definition) is 4. The Kier molecular flexibility index (Phi) is 4.24. The summed E-state index contributed by atoms with van der Waals surface area (Å²) < 4.78 is 8.30. The highest BCUT2D eigenvalue weighted by Gasteiger charge is 2.21. The van der Waals surface area contributed by atoms with E-state index < -0.39 is 6.04 Å². The molecule has 0 aliphatic carbocycles. The number of halogens is 1. The number of aromatic nitrogens is 3. The van der Waals surface area contributed by atoms with Crippen LogP contribution in [0.25, 0.3) is 16.6 Å². The molecule has 138 valence electrons. The summed E-state index contributed by atoms with van der Waals surface area (Å²) in [5.74, 6) is 0.273. The fraction of sp³-hybridized carbons (Fsp3) is 0.211. The molecule has 0 saturated carbocycles. The maximum absolute atomic E-state index is 12.9. The monoisotopic (exact) mass is 384 g/mol. The van der Waals surface area contributed by atoms with Gasteiger partial charge in [-0.1, -0.05) is 29.8 Å². The number of nitrogens with zero attached hydrogens (tertiary/aromatic N) is 3. The van der Waals surface area contributed by atoms with Crippen LogP contribution in [0.5, 0.6) is 0 Å². The summed E-state index contributed by atoms with van der Waals surface area (Å²) >= 11 is 6.11. The van der Waals surface area contributed by atoms with E-state index >= 15 is 0 Å². The van der Waals surface area contributed by atoms with E-state index in [9.17, 15) is 9.59 Å². The summed E-state index contributed by atoms with van der Waals surface area (Å²) in [6.07, 6.45) is 1.56. The SMILES string of the molecule is Cc1nn(C(C)C(=O)NCc2ccccc2Cl)c(=O)c2cc3occc3n12. The van der Waals surface area contributed by atoms with Crippen LogP contribution in [0.15, 0.2) is 51.9 Å². The molecule has 8 heteroatoms. The van der Waals surface area contributed by atoms with Crippen LogP contribution in [0.1, 0.15) is 24.4 Å². The fourth-order valence-corrected chi connectivity index (χ4v) is 3.34. The molecule has 1 amide bonds. The fourth-order valence-electron chi connectivity index (χ4n) is 3.14. The smallest absolute Gasteiger partial charge is 0.291 e. The van der Waals surface area contributed by atoms with Gasteiger partial charge in [-0.05, 0) is 25.5 Å². The number of benzene rings is 1.